The molecule has 3 heterocycles. The van der Waals surface area contributed by atoms with Gasteiger partial charge < -0.3 is 10.2 Å². The molecule has 1 aromatic carbocycles. The molecule has 0 saturated carbocycles. The summed E-state index contributed by atoms with van der Waals surface area (Å²) in [5.41, 5.74) is 2.25. The number of amides is 1. The fraction of sp³-hybridized carbons (Fsp3) is 0.444. The molecule has 1 amide bonds. The average Bonchev–Trinajstić information content (AvgIpc) is 3.33. The minimum atomic E-state index is 0.0327. The summed E-state index contributed by atoms with van der Waals surface area (Å²) in [4.78, 5) is 17.2. The van der Waals surface area contributed by atoms with Crippen LogP contribution in [0.4, 0.5) is 0 Å². The third-order valence-electron chi connectivity index (χ3n) is 5.07. The van der Waals surface area contributed by atoms with Gasteiger partial charge in [-0.3, -0.25) is 14.8 Å². The van der Waals surface area contributed by atoms with Gasteiger partial charge in [0.1, 0.15) is 5.69 Å². The first-order chi connectivity index (χ1) is 12.2. The smallest absolute Gasteiger partial charge is 0.271 e. The van der Waals surface area contributed by atoms with E-state index in [0.717, 1.165) is 56.9 Å². The lowest BCUT2D eigenvalue weighted by atomic mass is 10.1. The molecule has 1 aromatic heterocycles. The highest BCUT2D eigenvalue weighted by Crippen LogP contribution is 2.22. The first-order valence-electron chi connectivity index (χ1n) is 8.76. The number of hydrogen-bond donors (Lipinski definition) is 2. The number of piperazine rings is 1. The first-order valence-corrected chi connectivity index (χ1v) is 9.14. The molecule has 1 atom stereocenters. The van der Waals surface area contributed by atoms with Gasteiger partial charge in [-0.05, 0) is 24.6 Å². The molecule has 6 nitrogen and oxygen atoms in total. The maximum atomic E-state index is 12.8. The topological polar surface area (TPSA) is 64.3 Å². The molecule has 2 fully saturated rings. The lowest BCUT2D eigenvalue weighted by Crippen LogP contribution is -2.49. The minimum Gasteiger partial charge on any atom is -0.336 e. The zero-order valence-electron chi connectivity index (χ0n) is 14.0. The van der Waals surface area contributed by atoms with Crippen molar-refractivity contribution in [1.29, 1.82) is 0 Å². The van der Waals surface area contributed by atoms with Crippen LogP contribution >= 0.6 is 11.6 Å². The summed E-state index contributed by atoms with van der Waals surface area (Å²) in [5, 5.41) is 11.2. The Morgan fingerprint density at radius 2 is 1.92 bits per heavy atom. The predicted molar refractivity (Wildman–Crippen MR) is 97.8 cm³/mol. The zero-order chi connectivity index (χ0) is 17.2. The Kier molecular flexibility index (Phi) is 4.74. The lowest BCUT2D eigenvalue weighted by Gasteiger charge is -2.32. The number of benzene rings is 1. The Morgan fingerprint density at radius 3 is 2.68 bits per heavy atom. The summed E-state index contributed by atoms with van der Waals surface area (Å²) in [6.07, 6.45) is 1.05. The average molecular weight is 360 g/mol. The number of halogens is 1. The number of carbonyl (C=O) groups excluding carboxylic acids is 1. The number of nitrogens with one attached hydrogen (secondary N) is 2. The Hall–Kier alpha value is -1.89. The largest absolute Gasteiger partial charge is 0.336 e. The fourth-order valence-electron chi connectivity index (χ4n) is 3.64. The molecule has 2 saturated heterocycles. The van der Waals surface area contributed by atoms with Crippen LogP contribution in [0.1, 0.15) is 16.9 Å². The van der Waals surface area contributed by atoms with E-state index in [4.69, 9.17) is 11.6 Å². The molecule has 0 spiro atoms. The zero-order valence-corrected chi connectivity index (χ0v) is 14.8. The summed E-state index contributed by atoms with van der Waals surface area (Å²) in [5.74, 6) is 0.0327. The van der Waals surface area contributed by atoms with E-state index in [1.807, 2.05) is 35.2 Å². The van der Waals surface area contributed by atoms with Crippen LogP contribution in [0.15, 0.2) is 30.3 Å². The number of H-pyrrole nitrogens is 1. The molecule has 2 aromatic rings. The van der Waals surface area contributed by atoms with Gasteiger partial charge in [-0.25, -0.2) is 0 Å². The number of nitrogens with zero attached hydrogens (tertiary/aromatic N) is 3. The number of carbonyl (C=O) groups is 1. The van der Waals surface area contributed by atoms with E-state index in [0.29, 0.717) is 16.8 Å². The SMILES string of the molecule is O=C(c1cc(-c2ccc(Cl)cc2)n[nH]1)N1CCC(N2CCNCC2)C1. The second-order valence-electron chi connectivity index (χ2n) is 6.65. The van der Waals surface area contributed by atoms with Crippen LogP contribution in [-0.2, 0) is 0 Å². The molecule has 132 valence electrons. The summed E-state index contributed by atoms with van der Waals surface area (Å²) in [6.45, 7) is 5.82. The van der Waals surface area contributed by atoms with Gasteiger partial charge in [-0.2, -0.15) is 5.10 Å². The van der Waals surface area contributed by atoms with E-state index in [2.05, 4.69) is 20.4 Å². The van der Waals surface area contributed by atoms with Crippen molar-refractivity contribution in [2.75, 3.05) is 39.3 Å². The summed E-state index contributed by atoms with van der Waals surface area (Å²) < 4.78 is 0. The van der Waals surface area contributed by atoms with Gasteiger partial charge in [0.05, 0.1) is 5.69 Å². The van der Waals surface area contributed by atoms with Crippen molar-refractivity contribution in [3.05, 3.63) is 41.0 Å². The summed E-state index contributed by atoms with van der Waals surface area (Å²) in [6, 6.07) is 9.76. The van der Waals surface area contributed by atoms with Crippen molar-refractivity contribution in [2.24, 2.45) is 0 Å². The van der Waals surface area contributed by atoms with Crippen molar-refractivity contribution in [3.63, 3.8) is 0 Å². The monoisotopic (exact) mass is 359 g/mol. The highest BCUT2D eigenvalue weighted by atomic mass is 35.5. The molecule has 0 aliphatic carbocycles. The highest BCUT2D eigenvalue weighted by molar-refractivity contribution is 6.30. The minimum absolute atomic E-state index is 0.0327. The standard InChI is InChI=1S/C18H22ClN5O/c19-14-3-1-13(2-4-14)16-11-17(22-21-16)18(25)24-8-5-15(12-24)23-9-6-20-7-10-23/h1-4,11,15,20H,5-10,12H2,(H,21,22). The molecule has 0 bridgehead atoms. The van der Waals surface area contributed by atoms with Crippen LogP contribution < -0.4 is 5.32 Å². The highest BCUT2D eigenvalue weighted by Gasteiger charge is 2.31. The quantitative estimate of drug-likeness (QED) is 0.878. The Labute approximate surface area is 152 Å². The maximum Gasteiger partial charge on any atom is 0.271 e. The maximum absolute atomic E-state index is 12.8. The molecule has 1 unspecified atom stereocenters. The van der Waals surface area contributed by atoms with Crippen LogP contribution in [0.25, 0.3) is 11.3 Å². The molecule has 2 N–H and O–H groups in total. The number of hydrogen-bond acceptors (Lipinski definition) is 4. The van der Waals surface area contributed by atoms with Crippen molar-refractivity contribution in [3.8, 4) is 11.3 Å². The Bertz CT molecular complexity index is 738. The van der Waals surface area contributed by atoms with Crippen LogP contribution in [0.5, 0.6) is 0 Å². The van der Waals surface area contributed by atoms with Crippen molar-refractivity contribution >= 4 is 17.5 Å². The molecule has 7 heteroatoms. The van der Waals surface area contributed by atoms with Crippen molar-refractivity contribution < 1.29 is 4.79 Å². The second kappa shape index (κ2) is 7.15. The van der Waals surface area contributed by atoms with Crippen molar-refractivity contribution in [2.45, 2.75) is 12.5 Å². The van der Waals surface area contributed by atoms with Gasteiger partial charge in [0.15, 0.2) is 0 Å². The molecular weight excluding hydrogens is 338 g/mol. The van der Waals surface area contributed by atoms with Crippen LogP contribution in [-0.4, -0.2) is 71.2 Å². The van der Waals surface area contributed by atoms with Crippen LogP contribution in [0.3, 0.4) is 0 Å². The number of aromatic amines is 1. The third kappa shape index (κ3) is 3.56. The van der Waals surface area contributed by atoms with Gasteiger partial charge in [-0.1, -0.05) is 23.7 Å². The predicted octanol–water partition coefficient (Wildman–Crippen LogP) is 1.85. The number of aromatic nitrogens is 2. The number of likely N-dealkylation sites (tertiary alicyclic amines) is 1. The first kappa shape index (κ1) is 16.6. The molecule has 25 heavy (non-hydrogen) atoms. The Morgan fingerprint density at radius 1 is 1.16 bits per heavy atom. The van der Waals surface area contributed by atoms with E-state index >= 15 is 0 Å². The Balaban J connectivity index is 1.42. The van der Waals surface area contributed by atoms with Crippen LogP contribution in [0.2, 0.25) is 5.02 Å². The van der Waals surface area contributed by atoms with E-state index < -0.39 is 0 Å². The van der Waals surface area contributed by atoms with Gasteiger partial charge >= 0.3 is 0 Å². The van der Waals surface area contributed by atoms with Gasteiger partial charge in [0.25, 0.3) is 5.91 Å². The molecule has 2 aliphatic heterocycles. The summed E-state index contributed by atoms with van der Waals surface area (Å²) >= 11 is 5.92. The molecule has 2 aliphatic rings. The summed E-state index contributed by atoms with van der Waals surface area (Å²) in [7, 11) is 0. The van der Waals surface area contributed by atoms with E-state index in [9.17, 15) is 4.79 Å². The van der Waals surface area contributed by atoms with E-state index in [-0.39, 0.29) is 5.91 Å². The van der Waals surface area contributed by atoms with Gasteiger partial charge in [0.2, 0.25) is 0 Å². The molecular formula is C18H22ClN5O. The van der Waals surface area contributed by atoms with Crippen molar-refractivity contribution in [1.82, 2.24) is 25.3 Å². The molecule has 0 radical (unpaired) electrons. The fourth-order valence-corrected chi connectivity index (χ4v) is 3.77. The van der Waals surface area contributed by atoms with Gasteiger partial charge in [0, 0.05) is 55.9 Å². The van der Waals surface area contributed by atoms with E-state index in [1.165, 1.54) is 0 Å². The second-order valence-corrected chi connectivity index (χ2v) is 7.09. The van der Waals surface area contributed by atoms with Gasteiger partial charge in [-0.15, -0.1) is 0 Å². The lowest BCUT2D eigenvalue weighted by molar-refractivity contribution is 0.0767. The number of rotatable bonds is 3. The molecule has 4 rings (SSSR count). The third-order valence-corrected chi connectivity index (χ3v) is 5.32. The van der Waals surface area contributed by atoms with E-state index in [1.54, 1.807) is 0 Å². The normalized spacial score (nSPS) is 21.6. The van der Waals surface area contributed by atoms with Crippen LogP contribution in [0, 0.1) is 0 Å².